The molecule has 2 aromatic rings. The molecule has 0 aliphatic heterocycles. The van der Waals surface area contributed by atoms with Gasteiger partial charge in [0.2, 0.25) is 5.91 Å². The molecule has 1 aromatic carbocycles. The lowest BCUT2D eigenvalue weighted by Gasteiger charge is -2.25. The van der Waals surface area contributed by atoms with E-state index >= 15 is 0 Å². The van der Waals surface area contributed by atoms with Crippen LogP contribution >= 0.6 is 15.9 Å². The number of primary amides is 1. The number of oxazole rings is 1. The molecule has 1 atom stereocenters. The second-order valence-corrected chi connectivity index (χ2v) is 5.07. The van der Waals surface area contributed by atoms with E-state index in [4.69, 9.17) is 10.2 Å². The van der Waals surface area contributed by atoms with Crippen LogP contribution in [0.3, 0.4) is 0 Å². The summed E-state index contributed by atoms with van der Waals surface area (Å²) in [6.45, 7) is 0. The summed E-state index contributed by atoms with van der Waals surface area (Å²) in [5.74, 6) is -1.06. The van der Waals surface area contributed by atoms with Crippen molar-refractivity contribution in [3.05, 3.63) is 52.7 Å². The van der Waals surface area contributed by atoms with Crippen LogP contribution < -0.4 is 5.73 Å². The molecule has 0 fully saturated rings. The van der Waals surface area contributed by atoms with Gasteiger partial charge in [0.25, 0.3) is 5.91 Å². The Bertz CT molecular complexity index is 628. The Labute approximate surface area is 123 Å². The minimum Gasteiger partial charge on any atom is -0.451 e. The summed E-state index contributed by atoms with van der Waals surface area (Å²) in [5.41, 5.74) is 6.16. The van der Waals surface area contributed by atoms with Crippen molar-refractivity contribution in [2.24, 2.45) is 5.73 Å². The molecule has 0 bridgehead atoms. The van der Waals surface area contributed by atoms with Gasteiger partial charge in [0.1, 0.15) is 12.3 Å². The van der Waals surface area contributed by atoms with Crippen LogP contribution in [-0.4, -0.2) is 28.7 Å². The average Bonchev–Trinajstić information content (AvgIpc) is 2.91. The second kappa shape index (κ2) is 5.87. The first-order valence-electron chi connectivity index (χ1n) is 5.71. The number of hydrogen-bond donors (Lipinski definition) is 1. The standard InChI is InChI=1S/C13H12BrN3O3/c1-17(13(19)10-6-20-7-16-10)11(12(15)18)8-3-2-4-9(14)5-8/h2-7,11H,1H3,(H2,15,18)/t11-/m1/s1. The van der Waals surface area contributed by atoms with Crippen LogP contribution in [0.2, 0.25) is 0 Å². The fourth-order valence-electron chi connectivity index (χ4n) is 1.87. The number of rotatable bonds is 4. The first-order chi connectivity index (χ1) is 9.50. The van der Waals surface area contributed by atoms with Crippen LogP contribution in [0, 0.1) is 0 Å². The van der Waals surface area contributed by atoms with Gasteiger partial charge in [-0.25, -0.2) is 4.98 Å². The smallest absolute Gasteiger partial charge is 0.276 e. The summed E-state index contributed by atoms with van der Waals surface area (Å²) in [4.78, 5) is 28.9. The molecule has 2 N–H and O–H groups in total. The number of nitrogens with two attached hydrogens (primary N) is 1. The molecule has 0 aliphatic rings. The maximum Gasteiger partial charge on any atom is 0.276 e. The van der Waals surface area contributed by atoms with Crippen molar-refractivity contribution in [2.45, 2.75) is 6.04 Å². The number of likely N-dealkylation sites (N-methyl/N-ethyl adjacent to an activating group) is 1. The van der Waals surface area contributed by atoms with Crippen LogP contribution in [0.25, 0.3) is 0 Å². The van der Waals surface area contributed by atoms with Crippen LogP contribution in [0.4, 0.5) is 0 Å². The molecule has 0 spiro atoms. The third-order valence-corrected chi connectivity index (χ3v) is 3.29. The zero-order chi connectivity index (χ0) is 14.7. The summed E-state index contributed by atoms with van der Waals surface area (Å²) in [5, 5.41) is 0. The van der Waals surface area contributed by atoms with Gasteiger partial charge in [0, 0.05) is 11.5 Å². The molecule has 1 heterocycles. The zero-order valence-corrected chi connectivity index (χ0v) is 12.2. The van der Waals surface area contributed by atoms with E-state index in [0.29, 0.717) is 5.56 Å². The van der Waals surface area contributed by atoms with E-state index in [9.17, 15) is 9.59 Å². The Kier molecular flexibility index (Phi) is 4.19. The number of aromatic nitrogens is 1. The molecule has 1 aromatic heterocycles. The number of carbonyl (C=O) groups is 2. The molecule has 0 unspecified atom stereocenters. The van der Waals surface area contributed by atoms with Crippen molar-refractivity contribution < 1.29 is 14.0 Å². The van der Waals surface area contributed by atoms with E-state index in [1.54, 1.807) is 18.2 Å². The average molecular weight is 338 g/mol. The summed E-state index contributed by atoms with van der Waals surface area (Å²) >= 11 is 3.32. The molecule has 104 valence electrons. The molecule has 0 saturated carbocycles. The summed E-state index contributed by atoms with van der Waals surface area (Å²) in [6.07, 6.45) is 2.37. The third-order valence-electron chi connectivity index (χ3n) is 2.79. The zero-order valence-electron chi connectivity index (χ0n) is 10.6. The molecule has 20 heavy (non-hydrogen) atoms. The SMILES string of the molecule is CN(C(=O)c1cocn1)[C@@H](C(N)=O)c1cccc(Br)c1. The predicted molar refractivity (Wildman–Crippen MR) is 74.7 cm³/mol. The molecular weight excluding hydrogens is 326 g/mol. The van der Waals surface area contributed by atoms with E-state index in [1.165, 1.54) is 18.2 Å². The summed E-state index contributed by atoms with van der Waals surface area (Å²) < 4.78 is 5.56. The number of nitrogens with zero attached hydrogens (tertiary/aromatic N) is 2. The molecule has 7 heteroatoms. The van der Waals surface area contributed by atoms with Gasteiger partial charge in [0.15, 0.2) is 12.1 Å². The number of benzene rings is 1. The highest BCUT2D eigenvalue weighted by molar-refractivity contribution is 9.10. The molecule has 0 radical (unpaired) electrons. The highest BCUT2D eigenvalue weighted by Gasteiger charge is 2.28. The van der Waals surface area contributed by atoms with Gasteiger partial charge in [-0.3, -0.25) is 9.59 Å². The van der Waals surface area contributed by atoms with Crippen molar-refractivity contribution in [1.82, 2.24) is 9.88 Å². The largest absolute Gasteiger partial charge is 0.451 e. The minimum absolute atomic E-state index is 0.119. The van der Waals surface area contributed by atoms with Gasteiger partial charge < -0.3 is 15.1 Å². The van der Waals surface area contributed by atoms with E-state index < -0.39 is 17.9 Å². The topological polar surface area (TPSA) is 89.4 Å². The van der Waals surface area contributed by atoms with Crippen LogP contribution in [0.5, 0.6) is 0 Å². The summed E-state index contributed by atoms with van der Waals surface area (Å²) in [7, 11) is 1.49. The Morgan fingerprint density at radius 1 is 1.45 bits per heavy atom. The molecule has 6 nitrogen and oxygen atoms in total. The molecule has 0 saturated heterocycles. The highest BCUT2D eigenvalue weighted by Crippen LogP contribution is 2.23. The lowest BCUT2D eigenvalue weighted by atomic mass is 10.0. The quantitative estimate of drug-likeness (QED) is 0.919. The van der Waals surface area contributed by atoms with Gasteiger partial charge >= 0.3 is 0 Å². The van der Waals surface area contributed by atoms with Gasteiger partial charge in [0.05, 0.1) is 0 Å². The van der Waals surface area contributed by atoms with E-state index in [0.717, 1.165) is 10.9 Å². The monoisotopic (exact) mass is 337 g/mol. The van der Waals surface area contributed by atoms with Crippen molar-refractivity contribution in [1.29, 1.82) is 0 Å². The fraction of sp³-hybridized carbons (Fsp3) is 0.154. The number of halogens is 1. The predicted octanol–water partition coefficient (Wildman–Crippen LogP) is 1.74. The van der Waals surface area contributed by atoms with E-state index in [1.807, 2.05) is 6.07 Å². The summed E-state index contributed by atoms with van der Waals surface area (Å²) in [6, 6.07) is 6.18. The van der Waals surface area contributed by atoms with Gasteiger partial charge in [-0.1, -0.05) is 28.1 Å². The van der Waals surface area contributed by atoms with Gasteiger partial charge in [-0.05, 0) is 17.7 Å². The maximum atomic E-state index is 12.2. The Morgan fingerprint density at radius 3 is 2.75 bits per heavy atom. The lowest BCUT2D eigenvalue weighted by Crippen LogP contribution is -2.39. The second-order valence-electron chi connectivity index (χ2n) is 4.15. The first-order valence-corrected chi connectivity index (χ1v) is 6.50. The Hall–Kier alpha value is -2.15. The minimum atomic E-state index is -0.878. The van der Waals surface area contributed by atoms with Gasteiger partial charge in [-0.15, -0.1) is 0 Å². The highest BCUT2D eigenvalue weighted by atomic mass is 79.9. The molecular formula is C13H12BrN3O3. The molecule has 0 aliphatic carbocycles. The van der Waals surface area contributed by atoms with Crippen molar-refractivity contribution in [2.75, 3.05) is 7.05 Å². The van der Waals surface area contributed by atoms with Crippen molar-refractivity contribution in [3.63, 3.8) is 0 Å². The van der Waals surface area contributed by atoms with Gasteiger partial charge in [-0.2, -0.15) is 0 Å². The van der Waals surface area contributed by atoms with Crippen molar-refractivity contribution >= 4 is 27.7 Å². The molecule has 2 rings (SSSR count). The first kappa shape index (κ1) is 14.3. The Balaban J connectivity index is 2.34. The van der Waals surface area contributed by atoms with Crippen molar-refractivity contribution in [3.8, 4) is 0 Å². The fourth-order valence-corrected chi connectivity index (χ4v) is 2.29. The third kappa shape index (κ3) is 2.88. The van der Waals surface area contributed by atoms with Crippen LogP contribution in [-0.2, 0) is 4.79 Å². The van der Waals surface area contributed by atoms with E-state index in [2.05, 4.69) is 20.9 Å². The molecule has 2 amide bonds. The number of amides is 2. The number of carbonyl (C=O) groups excluding carboxylic acids is 2. The maximum absolute atomic E-state index is 12.2. The lowest BCUT2D eigenvalue weighted by molar-refractivity contribution is -0.122. The number of hydrogen-bond acceptors (Lipinski definition) is 4. The van der Waals surface area contributed by atoms with Crippen LogP contribution in [0.1, 0.15) is 22.1 Å². The Morgan fingerprint density at radius 2 is 2.20 bits per heavy atom. The van der Waals surface area contributed by atoms with E-state index in [-0.39, 0.29) is 5.69 Å². The van der Waals surface area contributed by atoms with Crippen LogP contribution in [0.15, 0.2) is 45.8 Å². The normalized spacial score (nSPS) is 11.9.